The summed E-state index contributed by atoms with van der Waals surface area (Å²) >= 11 is 0. The number of rotatable bonds is 3. The van der Waals surface area contributed by atoms with Gasteiger partial charge in [-0.25, -0.2) is 14.5 Å². The SMILES string of the molecule is CN1CCC(Oc2cccc(C#N)c2)c2ccc(-c3cccnn3)cc2C12OC(=O)C(O)C(O)C(=O)O2. The van der Waals surface area contributed by atoms with Crippen LogP contribution in [0.1, 0.15) is 29.2 Å². The van der Waals surface area contributed by atoms with Gasteiger partial charge >= 0.3 is 17.8 Å². The van der Waals surface area contributed by atoms with Gasteiger partial charge in [0.05, 0.1) is 22.9 Å². The highest BCUT2D eigenvalue weighted by Crippen LogP contribution is 2.44. The summed E-state index contributed by atoms with van der Waals surface area (Å²) in [4.78, 5) is 27.0. The Morgan fingerprint density at radius 3 is 2.51 bits per heavy atom. The van der Waals surface area contributed by atoms with E-state index >= 15 is 0 Å². The summed E-state index contributed by atoms with van der Waals surface area (Å²) in [5, 5.41) is 37.6. The highest BCUT2D eigenvalue weighted by molar-refractivity contribution is 5.87. The molecule has 3 atom stereocenters. The predicted molar refractivity (Wildman–Crippen MR) is 125 cm³/mol. The van der Waals surface area contributed by atoms with Crippen LogP contribution in [0.25, 0.3) is 11.3 Å². The molecule has 3 heterocycles. The van der Waals surface area contributed by atoms with Gasteiger partial charge in [-0.1, -0.05) is 18.2 Å². The second-order valence-corrected chi connectivity index (χ2v) is 8.68. The van der Waals surface area contributed by atoms with Crippen molar-refractivity contribution >= 4 is 11.9 Å². The molecule has 3 unspecified atom stereocenters. The summed E-state index contributed by atoms with van der Waals surface area (Å²) in [6.07, 6.45) is -2.92. The van der Waals surface area contributed by atoms with Crippen LogP contribution in [0, 0.1) is 11.3 Å². The molecule has 188 valence electrons. The van der Waals surface area contributed by atoms with Crippen molar-refractivity contribution in [1.82, 2.24) is 15.1 Å². The number of aromatic nitrogens is 2. The van der Waals surface area contributed by atoms with Crippen LogP contribution in [0.15, 0.2) is 60.8 Å². The van der Waals surface area contributed by atoms with Gasteiger partial charge in [0, 0.05) is 30.3 Å². The quantitative estimate of drug-likeness (QED) is 0.499. The average Bonchev–Trinajstić information content (AvgIpc) is 3.08. The van der Waals surface area contributed by atoms with Crippen molar-refractivity contribution in [2.24, 2.45) is 0 Å². The van der Waals surface area contributed by atoms with E-state index in [0.717, 1.165) is 0 Å². The Kier molecular flexibility index (Phi) is 6.31. The Bertz CT molecular complexity index is 1370. The van der Waals surface area contributed by atoms with Crippen molar-refractivity contribution in [1.29, 1.82) is 5.26 Å². The molecule has 1 fully saturated rings. The Morgan fingerprint density at radius 2 is 1.84 bits per heavy atom. The van der Waals surface area contributed by atoms with Crippen molar-refractivity contribution in [2.45, 2.75) is 30.6 Å². The van der Waals surface area contributed by atoms with Crippen molar-refractivity contribution in [3.8, 4) is 23.1 Å². The maximum atomic E-state index is 12.7. The van der Waals surface area contributed by atoms with Gasteiger partial charge in [0.1, 0.15) is 11.9 Å². The number of nitrogens with zero attached hydrogens (tertiary/aromatic N) is 4. The van der Waals surface area contributed by atoms with Gasteiger partial charge in [-0.05, 0) is 43.4 Å². The molecule has 0 bridgehead atoms. The zero-order valence-corrected chi connectivity index (χ0v) is 19.6. The Morgan fingerprint density at radius 1 is 1.08 bits per heavy atom. The molecule has 0 radical (unpaired) electrons. The van der Waals surface area contributed by atoms with Crippen molar-refractivity contribution < 1.29 is 34.0 Å². The number of benzene rings is 2. The van der Waals surface area contributed by atoms with Crippen LogP contribution in [-0.2, 0) is 25.0 Å². The first-order valence-electron chi connectivity index (χ1n) is 11.4. The molecule has 5 rings (SSSR count). The second kappa shape index (κ2) is 9.59. The first-order chi connectivity index (χ1) is 17.8. The van der Waals surface area contributed by atoms with E-state index < -0.39 is 36.2 Å². The van der Waals surface area contributed by atoms with Crippen molar-refractivity contribution in [2.75, 3.05) is 13.6 Å². The van der Waals surface area contributed by atoms with Crippen LogP contribution in [0.4, 0.5) is 0 Å². The molecule has 0 aliphatic carbocycles. The molecule has 2 aliphatic heterocycles. The van der Waals surface area contributed by atoms with Gasteiger partial charge in [0.15, 0.2) is 12.2 Å². The lowest BCUT2D eigenvalue weighted by Gasteiger charge is -2.38. The third kappa shape index (κ3) is 4.38. The maximum absolute atomic E-state index is 12.7. The number of carbonyl (C=O) groups excluding carboxylic acids is 2. The summed E-state index contributed by atoms with van der Waals surface area (Å²) < 4.78 is 17.5. The molecular formula is C26H22N4O7. The highest BCUT2D eigenvalue weighted by Gasteiger charge is 2.55. The number of hydrogen-bond acceptors (Lipinski definition) is 11. The average molecular weight is 502 g/mol. The molecule has 3 aromatic rings. The topological polar surface area (TPSA) is 155 Å². The van der Waals surface area contributed by atoms with Gasteiger partial charge < -0.3 is 24.4 Å². The summed E-state index contributed by atoms with van der Waals surface area (Å²) in [6, 6.07) is 17.4. The third-order valence-corrected chi connectivity index (χ3v) is 6.34. The number of esters is 2. The lowest BCUT2D eigenvalue weighted by molar-refractivity contribution is -0.288. The minimum absolute atomic E-state index is 0.227. The van der Waals surface area contributed by atoms with Crippen LogP contribution in [0.5, 0.6) is 5.75 Å². The summed E-state index contributed by atoms with van der Waals surface area (Å²) in [6.45, 7) is 0.227. The van der Waals surface area contributed by atoms with Crippen LogP contribution in [0.2, 0.25) is 0 Å². The van der Waals surface area contributed by atoms with Gasteiger partial charge in [0.2, 0.25) is 0 Å². The molecule has 2 N–H and O–H groups in total. The zero-order valence-electron chi connectivity index (χ0n) is 19.6. The van der Waals surface area contributed by atoms with Gasteiger partial charge in [-0.2, -0.15) is 15.5 Å². The summed E-state index contributed by atoms with van der Waals surface area (Å²) in [7, 11) is 1.59. The Labute approximate surface area is 211 Å². The van der Waals surface area contributed by atoms with E-state index in [1.165, 1.54) is 11.1 Å². The fraction of sp³-hybridized carbons (Fsp3) is 0.269. The predicted octanol–water partition coefficient (Wildman–Crippen LogP) is 1.40. The Balaban J connectivity index is 1.68. The van der Waals surface area contributed by atoms with Crippen LogP contribution >= 0.6 is 0 Å². The Hall–Kier alpha value is -4.37. The van der Waals surface area contributed by atoms with Gasteiger partial charge in [-0.3, -0.25) is 0 Å². The van der Waals surface area contributed by atoms with Crippen molar-refractivity contribution in [3.63, 3.8) is 0 Å². The first-order valence-corrected chi connectivity index (χ1v) is 11.4. The molecule has 1 spiro atoms. The van der Waals surface area contributed by atoms with Gasteiger partial charge in [-0.15, -0.1) is 0 Å². The maximum Gasteiger partial charge on any atom is 0.349 e. The standard InChI is InChI=1S/C26H22N4O7/c1-30-11-9-21(35-17-5-2-4-15(12-17)14-27)18-8-7-16(20-6-3-10-28-29-20)13-19(18)26(30)36-24(33)22(31)23(32)25(34)37-26/h2-8,10,12-13,21-23,31-32H,9,11H2,1H3. The normalized spacial score (nSPS) is 25.7. The number of ether oxygens (including phenoxy) is 3. The number of fused-ring (bicyclic) bond motifs is 2. The van der Waals surface area contributed by atoms with E-state index in [1.54, 1.807) is 61.6 Å². The fourth-order valence-electron chi connectivity index (χ4n) is 4.41. The van der Waals surface area contributed by atoms with Gasteiger partial charge in [0.25, 0.3) is 0 Å². The number of hydrogen-bond donors (Lipinski definition) is 2. The second-order valence-electron chi connectivity index (χ2n) is 8.68. The summed E-state index contributed by atoms with van der Waals surface area (Å²) in [5.41, 5.74) is 2.31. The first kappa shape index (κ1) is 24.3. The van der Waals surface area contributed by atoms with Crippen LogP contribution in [0.3, 0.4) is 0 Å². The number of nitriles is 1. The number of carbonyl (C=O) groups is 2. The molecule has 11 nitrogen and oxygen atoms in total. The molecular weight excluding hydrogens is 480 g/mol. The minimum atomic E-state index is -2.11. The zero-order chi connectivity index (χ0) is 26.2. The molecule has 1 saturated heterocycles. The summed E-state index contributed by atoms with van der Waals surface area (Å²) in [5.74, 6) is -4.09. The molecule has 37 heavy (non-hydrogen) atoms. The van der Waals surface area contributed by atoms with Crippen molar-refractivity contribution in [3.05, 3.63) is 77.5 Å². The lowest BCUT2D eigenvalue weighted by atomic mass is 9.95. The van der Waals surface area contributed by atoms with E-state index in [9.17, 15) is 25.1 Å². The molecule has 1 aromatic heterocycles. The third-order valence-electron chi connectivity index (χ3n) is 6.34. The smallest absolute Gasteiger partial charge is 0.349 e. The van der Waals surface area contributed by atoms with E-state index in [-0.39, 0.29) is 12.1 Å². The minimum Gasteiger partial charge on any atom is -0.486 e. The van der Waals surface area contributed by atoms with E-state index in [0.29, 0.717) is 34.6 Å². The molecule has 0 saturated carbocycles. The van der Waals surface area contributed by atoms with E-state index in [2.05, 4.69) is 16.3 Å². The number of aliphatic hydroxyl groups excluding tert-OH is 2. The molecule has 2 aromatic carbocycles. The largest absolute Gasteiger partial charge is 0.486 e. The number of aliphatic hydroxyl groups is 2. The van der Waals surface area contributed by atoms with E-state index in [1.807, 2.05) is 0 Å². The highest BCUT2D eigenvalue weighted by atomic mass is 16.8. The molecule has 2 aliphatic rings. The molecule has 0 amide bonds. The fourth-order valence-corrected chi connectivity index (χ4v) is 4.41. The molecule has 11 heteroatoms. The van der Waals surface area contributed by atoms with Crippen LogP contribution < -0.4 is 4.74 Å². The monoisotopic (exact) mass is 502 g/mol. The van der Waals surface area contributed by atoms with E-state index in [4.69, 9.17) is 14.2 Å². The van der Waals surface area contributed by atoms with Crippen LogP contribution in [-0.4, -0.2) is 63.0 Å². The lowest BCUT2D eigenvalue weighted by Crippen LogP contribution is -2.50.